The molecule has 0 aromatic rings. The van der Waals surface area contributed by atoms with Gasteiger partial charge >= 0.3 is 0 Å². The van der Waals surface area contributed by atoms with Crippen LogP contribution in [0.15, 0.2) is 0 Å². The number of carbonyl (C=O) groups excluding carboxylic acids is 1. The molecule has 2 aliphatic rings. The summed E-state index contributed by atoms with van der Waals surface area (Å²) in [6.45, 7) is 5.83. The van der Waals surface area contributed by atoms with Crippen molar-refractivity contribution in [2.24, 2.45) is 16.7 Å². The van der Waals surface area contributed by atoms with Gasteiger partial charge in [-0.3, -0.25) is 8.98 Å². The molecule has 2 saturated carbocycles. The Hall–Kier alpha value is -0.420. The third-order valence-corrected chi connectivity index (χ3v) is 6.30. The number of rotatable bonds is 4. The number of hydrogen-bond donors (Lipinski definition) is 0. The highest BCUT2D eigenvalue weighted by molar-refractivity contribution is 7.86. The van der Waals surface area contributed by atoms with E-state index in [1.54, 1.807) is 6.92 Å². The van der Waals surface area contributed by atoms with Crippen LogP contribution in [0.2, 0.25) is 0 Å². The Kier molecular flexibility index (Phi) is 2.90. The Balaban J connectivity index is 2.33. The monoisotopic (exact) mass is 260 g/mol. The van der Waals surface area contributed by atoms with Crippen molar-refractivity contribution in [3.63, 3.8) is 0 Å². The summed E-state index contributed by atoms with van der Waals surface area (Å²) < 4.78 is 28.5. The molecule has 4 nitrogen and oxygen atoms in total. The first-order valence-electron chi connectivity index (χ1n) is 6.15. The lowest BCUT2D eigenvalue weighted by molar-refractivity contribution is -0.128. The molecule has 2 atom stereocenters. The van der Waals surface area contributed by atoms with Crippen molar-refractivity contribution in [1.82, 2.24) is 0 Å². The molecule has 0 amide bonds. The van der Waals surface area contributed by atoms with Crippen molar-refractivity contribution in [2.75, 3.05) is 12.4 Å². The summed E-state index contributed by atoms with van der Waals surface area (Å²) in [6, 6.07) is 0. The van der Waals surface area contributed by atoms with Gasteiger partial charge in [0.15, 0.2) is 0 Å². The molecule has 17 heavy (non-hydrogen) atoms. The minimum atomic E-state index is -3.58. The highest BCUT2D eigenvalue weighted by Crippen LogP contribution is 2.64. The molecule has 0 aliphatic heterocycles. The summed E-state index contributed by atoms with van der Waals surface area (Å²) in [4.78, 5) is 12.1. The first kappa shape index (κ1) is 13.0. The van der Waals surface area contributed by atoms with Gasteiger partial charge in [0.1, 0.15) is 5.78 Å². The molecule has 98 valence electrons. The van der Waals surface area contributed by atoms with Crippen LogP contribution in [0.25, 0.3) is 0 Å². The van der Waals surface area contributed by atoms with E-state index < -0.39 is 15.5 Å². The Labute approximate surface area is 103 Å². The van der Waals surface area contributed by atoms with Gasteiger partial charge in [-0.1, -0.05) is 13.8 Å². The van der Waals surface area contributed by atoms with Crippen LogP contribution in [0.5, 0.6) is 0 Å². The fraction of sp³-hybridized carbons (Fsp3) is 0.917. The van der Waals surface area contributed by atoms with Gasteiger partial charge in [-0.15, -0.1) is 0 Å². The second kappa shape index (κ2) is 3.79. The maximum atomic E-state index is 12.1. The van der Waals surface area contributed by atoms with Crippen molar-refractivity contribution >= 4 is 15.9 Å². The zero-order valence-corrected chi connectivity index (χ0v) is 11.5. The summed E-state index contributed by atoms with van der Waals surface area (Å²) in [5, 5.41) is 0. The van der Waals surface area contributed by atoms with E-state index in [-0.39, 0.29) is 23.6 Å². The molecule has 0 spiro atoms. The van der Waals surface area contributed by atoms with E-state index in [9.17, 15) is 13.2 Å². The second-order valence-corrected chi connectivity index (χ2v) is 7.41. The van der Waals surface area contributed by atoms with Gasteiger partial charge < -0.3 is 0 Å². The molecule has 0 aromatic carbocycles. The van der Waals surface area contributed by atoms with E-state index in [1.165, 1.54) is 0 Å². The number of hydrogen-bond acceptors (Lipinski definition) is 4. The van der Waals surface area contributed by atoms with E-state index in [0.29, 0.717) is 18.8 Å². The van der Waals surface area contributed by atoms with Crippen LogP contribution in [0, 0.1) is 16.7 Å². The predicted molar refractivity (Wildman–Crippen MR) is 64.0 cm³/mol. The van der Waals surface area contributed by atoms with E-state index in [1.807, 2.05) is 13.8 Å². The van der Waals surface area contributed by atoms with Crippen molar-refractivity contribution in [3.8, 4) is 0 Å². The van der Waals surface area contributed by atoms with Gasteiger partial charge in [0.05, 0.1) is 17.8 Å². The van der Waals surface area contributed by atoms with Gasteiger partial charge in [0, 0.05) is 6.42 Å². The lowest BCUT2D eigenvalue weighted by atomic mass is 9.70. The van der Waals surface area contributed by atoms with Gasteiger partial charge in [0.25, 0.3) is 10.1 Å². The summed E-state index contributed by atoms with van der Waals surface area (Å²) in [5.74, 6) is 0.310. The van der Waals surface area contributed by atoms with Gasteiger partial charge in [-0.25, -0.2) is 0 Å². The van der Waals surface area contributed by atoms with Gasteiger partial charge in [-0.05, 0) is 31.1 Å². The first-order chi connectivity index (χ1) is 7.75. The number of ketones is 1. The van der Waals surface area contributed by atoms with E-state index in [4.69, 9.17) is 4.18 Å². The second-order valence-electron chi connectivity index (χ2n) is 5.78. The van der Waals surface area contributed by atoms with Crippen LogP contribution in [0.3, 0.4) is 0 Å². The molecule has 5 heteroatoms. The average Bonchev–Trinajstić information content (AvgIpc) is 2.50. The third-order valence-electron chi connectivity index (χ3n) is 4.86. The molecule has 2 aliphatic carbocycles. The van der Waals surface area contributed by atoms with Crippen LogP contribution in [0.4, 0.5) is 0 Å². The number of fused-ring (bicyclic) bond motifs is 2. The van der Waals surface area contributed by atoms with Crippen LogP contribution in [-0.2, 0) is 19.1 Å². The quantitative estimate of drug-likeness (QED) is 0.722. The molecule has 0 N–H and O–H groups in total. The van der Waals surface area contributed by atoms with Gasteiger partial charge in [-0.2, -0.15) is 8.42 Å². The molecular weight excluding hydrogens is 240 g/mol. The molecule has 0 heterocycles. The molecule has 0 aromatic heterocycles. The van der Waals surface area contributed by atoms with E-state index in [0.717, 1.165) is 6.42 Å². The minimum Gasteiger partial charge on any atom is -0.299 e. The largest absolute Gasteiger partial charge is 0.299 e. The fourth-order valence-electron chi connectivity index (χ4n) is 3.63. The fourth-order valence-corrected chi connectivity index (χ4v) is 5.35. The average molecular weight is 260 g/mol. The molecule has 0 radical (unpaired) electrons. The lowest BCUT2D eigenvalue weighted by Crippen LogP contribution is -2.42. The van der Waals surface area contributed by atoms with Crippen LogP contribution in [0.1, 0.15) is 40.0 Å². The highest BCUT2D eigenvalue weighted by atomic mass is 32.2. The van der Waals surface area contributed by atoms with Crippen molar-refractivity contribution in [1.29, 1.82) is 0 Å². The Morgan fingerprint density at radius 2 is 2.06 bits per heavy atom. The van der Waals surface area contributed by atoms with E-state index >= 15 is 0 Å². The Morgan fingerprint density at radius 3 is 2.47 bits per heavy atom. The maximum Gasteiger partial charge on any atom is 0.268 e. The molecule has 0 saturated heterocycles. The number of Topliss-reactive ketones (excluding diaryl/α,β-unsaturated/α-hetero) is 1. The van der Waals surface area contributed by atoms with Crippen LogP contribution >= 0.6 is 0 Å². The smallest absolute Gasteiger partial charge is 0.268 e. The standard InChI is InChI=1S/C12H20O4S/c1-4-16-17(14,15)8-12-6-5-9(7-10(12)13)11(12,2)3/h9H,4-8H2,1-3H3/t9-,12+/m0/s1. The number of carbonyl (C=O) groups is 1. The predicted octanol–water partition coefficient (Wildman–Crippen LogP) is 1.75. The summed E-state index contributed by atoms with van der Waals surface area (Å²) in [6.07, 6.45) is 2.19. The third kappa shape index (κ3) is 1.74. The van der Waals surface area contributed by atoms with E-state index in [2.05, 4.69) is 0 Å². The van der Waals surface area contributed by atoms with Crippen molar-refractivity contribution in [3.05, 3.63) is 0 Å². The first-order valence-corrected chi connectivity index (χ1v) is 7.73. The lowest BCUT2D eigenvalue weighted by Gasteiger charge is -2.35. The minimum absolute atomic E-state index is 0.113. The topological polar surface area (TPSA) is 60.4 Å². The van der Waals surface area contributed by atoms with Crippen molar-refractivity contribution in [2.45, 2.75) is 40.0 Å². The molecule has 0 unspecified atom stereocenters. The normalized spacial score (nSPS) is 35.5. The highest BCUT2D eigenvalue weighted by Gasteiger charge is 2.65. The summed E-state index contributed by atoms with van der Waals surface area (Å²) in [7, 11) is -3.58. The van der Waals surface area contributed by atoms with Crippen LogP contribution < -0.4 is 0 Å². The molecule has 2 fully saturated rings. The van der Waals surface area contributed by atoms with Gasteiger partial charge in [0.2, 0.25) is 0 Å². The summed E-state index contributed by atoms with van der Waals surface area (Å²) in [5.41, 5.74) is -0.917. The Bertz CT molecular complexity index is 437. The zero-order chi connectivity index (χ0) is 12.9. The molecule has 2 rings (SSSR count). The summed E-state index contributed by atoms with van der Waals surface area (Å²) >= 11 is 0. The molecular formula is C12H20O4S. The maximum absolute atomic E-state index is 12.1. The Morgan fingerprint density at radius 1 is 1.41 bits per heavy atom. The zero-order valence-electron chi connectivity index (χ0n) is 10.7. The SMILES string of the molecule is CCOS(=O)(=O)C[C@]12CC[C@@H](CC1=O)C2(C)C. The molecule has 2 bridgehead atoms. The van der Waals surface area contributed by atoms with Crippen molar-refractivity contribution < 1.29 is 17.4 Å². The van der Waals surface area contributed by atoms with Crippen LogP contribution in [-0.4, -0.2) is 26.6 Å².